The Balaban J connectivity index is 1.65. The Morgan fingerprint density at radius 3 is 3.04 bits per heavy atom. The molecule has 0 spiro atoms. The summed E-state index contributed by atoms with van der Waals surface area (Å²) in [5.41, 5.74) is 0.901. The summed E-state index contributed by atoms with van der Waals surface area (Å²) in [6, 6.07) is 2.16. The number of rotatable bonds is 9. The van der Waals surface area contributed by atoms with Crippen LogP contribution in [0.4, 0.5) is 5.82 Å². The van der Waals surface area contributed by atoms with E-state index < -0.39 is 0 Å². The van der Waals surface area contributed by atoms with Crippen molar-refractivity contribution < 1.29 is 9.53 Å². The van der Waals surface area contributed by atoms with Gasteiger partial charge in [-0.3, -0.25) is 9.36 Å². The maximum atomic E-state index is 12.4. The molecule has 8 heteroatoms. The summed E-state index contributed by atoms with van der Waals surface area (Å²) in [6.45, 7) is 6.90. The van der Waals surface area contributed by atoms with E-state index in [9.17, 15) is 4.79 Å². The molecule has 0 radical (unpaired) electrons. The zero-order valence-electron chi connectivity index (χ0n) is 16.8. The van der Waals surface area contributed by atoms with E-state index in [1.54, 1.807) is 17.1 Å². The fourth-order valence-electron chi connectivity index (χ4n) is 3.52. The molecule has 8 nitrogen and oxygen atoms in total. The van der Waals surface area contributed by atoms with Gasteiger partial charge >= 0.3 is 0 Å². The quantitative estimate of drug-likeness (QED) is 0.666. The lowest BCUT2D eigenvalue weighted by molar-refractivity contribution is -0.121. The minimum atomic E-state index is 0.0917. The van der Waals surface area contributed by atoms with Crippen molar-refractivity contribution in [1.82, 2.24) is 24.8 Å². The molecule has 1 aliphatic rings. The van der Waals surface area contributed by atoms with E-state index >= 15 is 0 Å². The Bertz CT molecular complexity index is 749. The molecule has 0 aliphatic carbocycles. The van der Waals surface area contributed by atoms with Crippen molar-refractivity contribution in [2.24, 2.45) is 0 Å². The van der Waals surface area contributed by atoms with E-state index in [1.807, 2.05) is 26.1 Å². The number of ether oxygens (including phenoxy) is 1. The summed E-state index contributed by atoms with van der Waals surface area (Å²) in [6.07, 6.45) is 9.81. The Hall–Kier alpha value is -2.48. The van der Waals surface area contributed by atoms with Crippen molar-refractivity contribution in [2.75, 3.05) is 31.2 Å². The zero-order valence-corrected chi connectivity index (χ0v) is 16.8. The molecular weight excluding hydrogens is 356 g/mol. The number of amides is 1. The van der Waals surface area contributed by atoms with Gasteiger partial charge in [0.05, 0.1) is 0 Å². The maximum absolute atomic E-state index is 12.4. The zero-order chi connectivity index (χ0) is 19.8. The van der Waals surface area contributed by atoms with E-state index in [2.05, 4.69) is 20.2 Å². The number of nitrogens with one attached hydrogen (secondary N) is 1. The third kappa shape index (κ3) is 5.51. The molecule has 1 aliphatic heterocycles. The van der Waals surface area contributed by atoms with Crippen molar-refractivity contribution in [3.8, 4) is 5.95 Å². The first-order valence-corrected chi connectivity index (χ1v) is 10.1. The molecule has 0 bridgehead atoms. The standard InChI is InChI=1S/C20H30N6O2/c1-3-28-12-6-8-22-19(27)14-17-7-4-5-10-26(17)18-13-16(2)23-20(24-18)25-11-9-21-15-25/h9,11,13,15,17H,3-8,10,12,14H2,1-2H3,(H,22,27). The van der Waals surface area contributed by atoms with Gasteiger partial charge in [-0.15, -0.1) is 0 Å². The summed E-state index contributed by atoms with van der Waals surface area (Å²) in [5, 5.41) is 3.02. The maximum Gasteiger partial charge on any atom is 0.237 e. The predicted octanol–water partition coefficient (Wildman–Crippen LogP) is 2.26. The molecule has 28 heavy (non-hydrogen) atoms. The SMILES string of the molecule is CCOCCCNC(=O)CC1CCCCN1c1cc(C)nc(-n2ccnc2)n1. The predicted molar refractivity (Wildman–Crippen MR) is 108 cm³/mol. The van der Waals surface area contributed by atoms with Crippen LogP contribution in [0, 0.1) is 6.92 Å². The van der Waals surface area contributed by atoms with Gasteiger partial charge in [0.25, 0.3) is 0 Å². The molecular formula is C20H30N6O2. The fourth-order valence-corrected chi connectivity index (χ4v) is 3.52. The van der Waals surface area contributed by atoms with E-state index in [0.29, 0.717) is 32.1 Å². The second kappa shape index (κ2) is 10.2. The summed E-state index contributed by atoms with van der Waals surface area (Å²) < 4.78 is 7.12. The summed E-state index contributed by atoms with van der Waals surface area (Å²) in [7, 11) is 0. The largest absolute Gasteiger partial charge is 0.382 e. The first kappa shape index (κ1) is 20.3. The van der Waals surface area contributed by atoms with Crippen LogP contribution in [0.5, 0.6) is 0 Å². The number of aromatic nitrogens is 4. The summed E-state index contributed by atoms with van der Waals surface area (Å²) in [5.74, 6) is 1.58. The van der Waals surface area contributed by atoms with E-state index in [-0.39, 0.29) is 11.9 Å². The Morgan fingerprint density at radius 2 is 2.25 bits per heavy atom. The van der Waals surface area contributed by atoms with Crippen LogP contribution in [-0.2, 0) is 9.53 Å². The van der Waals surface area contributed by atoms with Crippen LogP contribution in [0.1, 0.15) is 44.7 Å². The van der Waals surface area contributed by atoms with Gasteiger partial charge in [0.2, 0.25) is 11.9 Å². The second-order valence-corrected chi connectivity index (χ2v) is 7.09. The molecule has 1 saturated heterocycles. The van der Waals surface area contributed by atoms with Crippen LogP contribution in [0.3, 0.4) is 0 Å². The van der Waals surface area contributed by atoms with Gasteiger partial charge in [-0.2, -0.15) is 4.98 Å². The molecule has 1 atom stereocenters. The Morgan fingerprint density at radius 1 is 1.36 bits per heavy atom. The molecule has 1 amide bonds. The van der Waals surface area contributed by atoms with Crippen LogP contribution < -0.4 is 10.2 Å². The lowest BCUT2D eigenvalue weighted by atomic mass is 9.99. The smallest absolute Gasteiger partial charge is 0.237 e. The number of nitrogens with zero attached hydrogens (tertiary/aromatic N) is 5. The number of imidazole rings is 1. The van der Waals surface area contributed by atoms with Crippen molar-refractivity contribution in [2.45, 2.75) is 52.0 Å². The molecule has 3 rings (SSSR count). The number of piperidine rings is 1. The Labute approximate surface area is 166 Å². The van der Waals surface area contributed by atoms with Crippen molar-refractivity contribution in [3.05, 3.63) is 30.5 Å². The average molecular weight is 387 g/mol. The number of aryl methyl sites for hydroxylation is 1. The first-order valence-electron chi connectivity index (χ1n) is 10.1. The van der Waals surface area contributed by atoms with Gasteiger partial charge in [-0.1, -0.05) is 0 Å². The van der Waals surface area contributed by atoms with E-state index in [0.717, 1.165) is 43.7 Å². The number of hydrogen-bond donors (Lipinski definition) is 1. The normalized spacial score (nSPS) is 16.9. The van der Waals surface area contributed by atoms with Crippen molar-refractivity contribution in [3.63, 3.8) is 0 Å². The van der Waals surface area contributed by atoms with Crippen molar-refractivity contribution >= 4 is 11.7 Å². The molecule has 1 N–H and O–H groups in total. The lowest BCUT2D eigenvalue weighted by Crippen LogP contribution is -2.43. The number of anilines is 1. The molecule has 1 fully saturated rings. The highest BCUT2D eigenvalue weighted by Crippen LogP contribution is 2.26. The van der Waals surface area contributed by atoms with Gasteiger partial charge in [0.15, 0.2) is 0 Å². The van der Waals surface area contributed by atoms with Gasteiger partial charge < -0.3 is 15.0 Å². The van der Waals surface area contributed by atoms with Crippen LogP contribution in [0.15, 0.2) is 24.8 Å². The van der Waals surface area contributed by atoms with Gasteiger partial charge in [0, 0.05) is 62.9 Å². The third-order valence-corrected chi connectivity index (χ3v) is 4.90. The minimum absolute atomic E-state index is 0.0917. The molecule has 152 valence electrons. The fraction of sp³-hybridized carbons (Fsp3) is 0.600. The number of carbonyl (C=O) groups is 1. The summed E-state index contributed by atoms with van der Waals surface area (Å²) in [4.78, 5) is 28.0. The Kier molecular flexibility index (Phi) is 7.36. The van der Waals surface area contributed by atoms with Gasteiger partial charge in [-0.05, 0) is 39.5 Å². The van der Waals surface area contributed by atoms with Crippen LogP contribution in [0.2, 0.25) is 0 Å². The molecule has 0 saturated carbocycles. The molecule has 1 unspecified atom stereocenters. The summed E-state index contributed by atoms with van der Waals surface area (Å²) >= 11 is 0. The highest BCUT2D eigenvalue weighted by molar-refractivity contribution is 5.77. The van der Waals surface area contributed by atoms with E-state index in [4.69, 9.17) is 9.72 Å². The molecule has 0 aromatic carbocycles. The van der Waals surface area contributed by atoms with Crippen LogP contribution in [0.25, 0.3) is 5.95 Å². The van der Waals surface area contributed by atoms with E-state index in [1.165, 1.54) is 0 Å². The monoisotopic (exact) mass is 386 g/mol. The third-order valence-electron chi connectivity index (χ3n) is 4.90. The second-order valence-electron chi connectivity index (χ2n) is 7.09. The van der Waals surface area contributed by atoms with Crippen molar-refractivity contribution in [1.29, 1.82) is 0 Å². The molecule has 2 aromatic rings. The minimum Gasteiger partial charge on any atom is -0.382 e. The molecule has 2 aromatic heterocycles. The number of hydrogen-bond acceptors (Lipinski definition) is 6. The highest BCUT2D eigenvalue weighted by atomic mass is 16.5. The topological polar surface area (TPSA) is 85.2 Å². The lowest BCUT2D eigenvalue weighted by Gasteiger charge is -2.36. The van der Waals surface area contributed by atoms with Gasteiger partial charge in [0.1, 0.15) is 12.1 Å². The van der Waals surface area contributed by atoms with Gasteiger partial charge in [-0.25, -0.2) is 9.97 Å². The average Bonchev–Trinajstić information content (AvgIpc) is 3.23. The van der Waals surface area contributed by atoms with Crippen LogP contribution in [-0.4, -0.2) is 57.8 Å². The first-order chi connectivity index (χ1) is 13.7. The highest BCUT2D eigenvalue weighted by Gasteiger charge is 2.26. The molecule has 3 heterocycles. The van der Waals surface area contributed by atoms with Crippen LogP contribution >= 0.6 is 0 Å². The number of carbonyl (C=O) groups excluding carboxylic acids is 1.